The highest BCUT2D eigenvalue weighted by Crippen LogP contribution is 2.25. The molecule has 2 heterocycles. The molecule has 2 N–H and O–H groups in total. The van der Waals surface area contributed by atoms with Gasteiger partial charge in [-0.05, 0) is 25.3 Å². The molecule has 1 aliphatic heterocycles. The molecule has 21 heavy (non-hydrogen) atoms. The van der Waals surface area contributed by atoms with E-state index in [4.69, 9.17) is 5.73 Å². The number of non-ortho nitro benzene ring substituents is 1. The lowest BCUT2D eigenvalue weighted by atomic mass is 10.0. The molecule has 0 spiro atoms. The van der Waals surface area contributed by atoms with Crippen LogP contribution in [0.15, 0.2) is 24.4 Å². The van der Waals surface area contributed by atoms with Crippen LogP contribution in [-0.2, 0) is 0 Å². The van der Waals surface area contributed by atoms with Crippen LogP contribution in [-0.4, -0.2) is 34.0 Å². The van der Waals surface area contributed by atoms with Gasteiger partial charge in [-0.2, -0.15) is 0 Å². The van der Waals surface area contributed by atoms with Crippen molar-refractivity contribution in [3.8, 4) is 0 Å². The first-order valence-electron chi connectivity index (χ1n) is 7.07. The standard InChI is InChI=1S/C14H17N5O2/c15-8-11-3-1-2-6-18(11)14-9-16-13-7-10(19(20)21)4-5-12(13)17-14/h4-5,7,9,11H,1-3,6,8,15H2. The Kier molecular flexibility index (Phi) is 3.66. The normalized spacial score (nSPS) is 18.9. The first-order chi connectivity index (χ1) is 10.2. The van der Waals surface area contributed by atoms with Crippen molar-refractivity contribution in [3.63, 3.8) is 0 Å². The number of nitro benzene ring substituents is 1. The number of aromatic nitrogens is 2. The van der Waals surface area contributed by atoms with Crippen LogP contribution < -0.4 is 10.6 Å². The molecule has 1 aromatic carbocycles. The summed E-state index contributed by atoms with van der Waals surface area (Å²) in [4.78, 5) is 21.4. The molecule has 1 unspecified atom stereocenters. The Morgan fingerprint density at radius 2 is 2.24 bits per heavy atom. The molecule has 0 amide bonds. The Bertz CT molecular complexity index is 675. The molecular weight excluding hydrogens is 270 g/mol. The van der Waals surface area contributed by atoms with Gasteiger partial charge < -0.3 is 10.6 Å². The van der Waals surface area contributed by atoms with Gasteiger partial charge >= 0.3 is 0 Å². The van der Waals surface area contributed by atoms with Crippen LogP contribution in [0.25, 0.3) is 11.0 Å². The number of rotatable bonds is 3. The molecule has 0 bridgehead atoms. The summed E-state index contributed by atoms with van der Waals surface area (Å²) in [6.45, 7) is 1.52. The maximum absolute atomic E-state index is 10.8. The van der Waals surface area contributed by atoms with Gasteiger partial charge in [0.1, 0.15) is 5.82 Å². The number of piperidine rings is 1. The fourth-order valence-electron chi connectivity index (χ4n) is 2.79. The Morgan fingerprint density at radius 3 is 3.00 bits per heavy atom. The molecule has 110 valence electrons. The monoisotopic (exact) mass is 287 g/mol. The summed E-state index contributed by atoms with van der Waals surface area (Å²) in [5.41, 5.74) is 7.06. The fourth-order valence-corrected chi connectivity index (χ4v) is 2.79. The summed E-state index contributed by atoms with van der Waals surface area (Å²) in [5, 5.41) is 10.8. The number of nitro groups is 1. The Hall–Kier alpha value is -2.28. The minimum Gasteiger partial charge on any atom is -0.351 e. The summed E-state index contributed by atoms with van der Waals surface area (Å²) < 4.78 is 0. The molecule has 1 atom stereocenters. The molecule has 1 saturated heterocycles. The van der Waals surface area contributed by atoms with E-state index in [1.54, 1.807) is 12.3 Å². The molecule has 1 aromatic heterocycles. The minimum atomic E-state index is -0.426. The molecule has 1 aliphatic rings. The third kappa shape index (κ3) is 2.64. The molecule has 1 fully saturated rings. The lowest BCUT2D eigenvalue weighted by Crippen LogP contribution is -2.44. The summed E-state index contributed by atoms with van der Waals surface area (Å²) in [6.07, 6.45) is 5.05. The number of benzene rings is 1. The van der Waals surface area contributed by atoms with Crippen molar-refractivity contribution in [3.05, 3.63) is 34.5 Å². The number of hydrogen-bond acceptors (Lipinski definition) is 6. The van der Waals surface area contributed by atoms with Crippen molar-refractivity contribution in [2.24, 2.45) is 5.73 Å². The molecule has 7 heteroatoms. The van der Waals surface area contributed by atoms with Crippen LogP contribution in [0.2, 0.25) is 0 Å². The second-order valence-corrected chi connectivity index (χ2v) is 5.24. The highest BCUT2D eigenvalue weighted by molar-refractivity contribution is 5.78. The molecule has 7 nitrogen and oxygen atoms in total. The third-order valence-corrected chi connectivity index (χ3v) is 3.92. The smallest absolute Gasteiger partial charge is 0.271 e. The Morgan fingerprint density at radius 1 is 1.38 bits per heavy atom. The summed E-state index contributed by atoms with van der Waals surface area (Å²) in [7, 11) is 0. The quantitative estimate of drug-likeness (QED) is 0.683. The van der Waals surface area contributed by atoms with E-state index in [-0.39, 0.29) is 5.69 Å². The van der Waals surface area contributed by atoms with Crippen molar-refractivity contribution in [1.82, 2.24) is 9.97 Å². The lowest BCUT2D eigenvalue weighted by molar-refractivity contribution is -0.384. The molecule has 3 rings (SSSR count). The number of nitrogens with two attached hydrogens (primary N) is 1. The Labute approximate surface area is 121 Å². The summed E-state index contributed by atoms with van der Waals surface area (Å²) in [5.74, 6) is 0.798. The molecular formula is C14H17N5O2. The highest BCUT2D eigenvalue weighted by Gasteiger charge is 2.22. The van der Waals surface area contributed by atoms with Gasteiger partial charge in [-0.25, -0.2) is 4.98 Å². The van der Waals surface area contributed by atoms with Gasteiger partial charge in [0.25, 0.3) is 5.69 Å². The van der Waals surface area contributed by atoms with Gasteiger partial charge in [-0.15, -0.1) is 0 Å². The second kappa shape index (κ2) is 5.61. The third-order valence-electron chi connectivity index (χ3n) is 3.92. The average Bonchev–Trinajstić information content (AvgIpc) is 2.53. The minimum absolute atomic E-state index is 0.0300. The highest BCUT2D eigenvalue weighted by atomic mass is 16.6. The molecule has 0 aliphatic carbocycles. The van der Waals surface area contributed by atoms with Crippen LogP contribution >= 0.6 is 0 Å². The van der Waals surface area contributed by atoms with Crippen LogP contribution in [0, 0.1) is 10.1 Å². The van der Waals surface area contributed by atoms with Gasteiger partial charge in [0, 0.05) is 31.3 Å². The van der Waals surface area contributed by atoms with E-state index in [2.05, 4.69) is 14.9 Å². The van der Waals surface area contributed by atoms with E-state index in [9.17, 15) is 10.1 Å². The predicted molar refractivity (Wildman–Crippen MR) is 80.2 cm³/mol. The topological polar surface area (TPSA) is 98.2 Å². The largest absolute Gasteiger partial charge is 0.351 e. The van der Waals surface area contributed by atoms with Crippen molar-refractivity contribution in [2.75, 3.05) is 18.0 Å². The zero-order valence-corrected chi connectivity index (χ0v) is 11.6. The number of anilines is 1. The number of hydrogen-bond donors (Lipinski definition) is 1. The Balaban J connectivity index is 1.97. The van der Waals surface area contributed by atoms with E-state index in [0.29, 0.717) is 23.6 Å². The number of nitrogens with zero attached hydrogens (tertiary/aromatic N) is 4. The first kappa shape index (κ1) is 13.7. The molecule has 0 saturated carbocycles. The van der Waals surface area contributed by atoms with Crippen molar-refractivity contribution >= 4 is 22.5 Å². The van der Waals surface area contributed by atoms with E-state index in [1.165, 1.54) is 18.6 Å². The zero-order chi connectivity index (χ0) is 14.8. The molecule has 2 aromatic rings. The van der Waals surface area contributed by atoms with E-state index in [1.807, 2.05) is 0 Å². The van der Waals surface area contributed by atoms with Crippen LogP contribution in [0.3, 0.4) is 0 Å². The maximum Gasteiger partial charge on any atom is 0.271 e. The lowest BCUT2D eigenvalue weighted by Gasteiger charge is -2.35. The van der Waals surface area contributed by atoms with Gasteiger partial charge in [0.2, 0.25) is 0 Å². The predicted octanol–water partition coefficient (Wildman–Crippen LogP) is 1.86. The zero-order valence-electron chi connectivity index (χ0n) is 11.6. The van der Waals surface area contributed by atoms with Gasteiger partial charge in [-0.3, -0.25) is 15.1 Å². The van der Waals surface area contributed by atoms with Gasteiger partial charge in [0.15, 0.2) is 0 Å². The van der Waals surface area contributed by atoms with Gasteiger partial charge in [0.05, 0.1) is 22.2 Å². The van der Waals surface area contributed by atoms with Crippen LogP contribution in [0.4, 0.5) is 11.5 Å². The summed E-state index contributed by atoms with van der Waals surface area (Å²) >= 11 is 0. The second-order valence-electron chi connectivity index (χ2n) is 5.24. The van der Waals surface area contributed by atoms with Gasteiger partial charge in [-0.1, -0.05) is 0 Å². The van der Waals surface area contributed by atoms with Crippen LogP contribution in [0.5, 0.6) is 0 Å². The first-order valence-corrected chi connectivity index (χ1v) is 7.07. The average molecular weight is 287 g/mol. The van der Waals surface area contributed by atoms with Crippen molar-refractivity contribution in [2.45, 2.75) is 25.3 Å². The SMILES string of the molecule is NCC1CCCCN1c1cnc2cc([N+](=O)[O-])ccc2n1. The van der Waals surface area contributed by atoms with Crippen molar-refractivity contribution < 1.29 is 4.92 Å². The van der Waals surface area contributed by atoms with Crippen molar-refractivity contribution in [1.29, 1.82) is 0 Å². The fraction of sp³-hybridized carbons (Fsp3) is 0.429. The molecule has 0 radical (unpaired) electrons. The summed E-state index contributed by atoms with van der Waals surface area (Å²) in [6, 6.07) is 4.84. The van der Waals surface area contributed by atoms with E-state index in [0.717, 1.165) is 25.2 Å². The number of fused-ring (bicyclic) bond motifs is 1. The maximum atomic E-state index is 10.8. The van der Waals surface area contributed by atoms with Crippen LogP contribution in [0.1, 0.15) is 19.3 Å². The van der Waals surface area contributed by atoms with E-state index < -0.39 is 4.92 Å². The van der Waals surface area contributed by atoms with E-state index >= 15 is 0 Å².